The van der Waals surface area contributed by atoms with Gasteiger partial charge in [-0.15, -0.1) is 0 Å². The summed E-state index contributed by atoms with van der Waals surface area (Å²) in [6.45, 7) is 10.4. The maximum atomic E-state index is 9.58. The average Bonchev–Trinajstić information content (AvgIpc) is 1.55. The minimum Gasteiger partial charge on any atom is -0.390 e. The van der Waals surface area contributed by atoms with Crippen molar-refractivity contribution in [2.24, 2.45) is 5.41 Å². The Labute approximate surface area is 71.4 Å². The maximum absolute atomic E-state index is 9.58. The summed E-state index contributed by atoms with van der Waals surface area (Å²) in [5.74, 6) is 0. The monoisotopic (exact) mass is 156 g/mol. The highest BCUT2D eigenvalue weighted by Crippen LogP contribution is 2.31. The van der Waals surface area contributed by atoms with Crippen LogP contribution < -0.4 is 0 Å². The van der Waals surface area contributed by atoms with E-state index in [9.17, 15) is 5.11 Å². The molecule has 1 N–H and O–H groups in total. The molecule has 1 nitrogen and oxygen atoms in total. The van der Waals surface area contributed by atoms with E-state index in [0.717, 1.165) is 6.42 Å². The summed E-state index contributed by atoms with van der Waals surface area (Å²) in [6, 6.07) is 0. The first kappa shape index (κ1) is 11.0. The van der Waals surface area contributed by atoms with Crippen LogP contribution in [0.1, 0.15) is 34.1 Å². The first-order valence-electron chi connectivity index (χ1n) is 4.49. The number of rotatable bonds is 4. The van der Waals surface area contributed by atoms with Gasteiger partial charge < -0.3 is 5.11 Å². The third kappa shape index (κ3) is 6.42. The second kappa shape index (κ2) is 3.62. The normalized spacial score (nSPS) is 13.3. The summed E-state index contributed by atoms with van der Waals surface area (Å²) in [5.41, 5.74) is -0.230. The van der Waals surface area contributed by atoms with E-state index in [-0.39, 0.29) is 5.41 Å². The maximum Gasteiger partial charge on any atom is 0.118 e. The fourth-order valence-corrected chi connectivity index (χ4v) is 1.94. The fourth-order valence-electron chi connectivity index (χ4n) is 1.94. The largest absolute Gasteiger partial charge is 0.390 e. The van der Waals surface area contributed by atoms with Gasteiger partial charge in [0, 0.05) is 0 Å². The Morgan fingerprint density at radius 2 is 1.64 bits per heavy atom. The van der Waals surface area contributed by atoms with Crippen LogP contribution in [0.3, 0.4) is 0 Å². The summed E-state index contributed by atoms with van der Waals surface area (Å²) in [4.78, 5) is 0. The lowest BCUT2D eigenvalue weighted by molar-refractivity contribution is 0.0371. The summed E-state index contributed by atoms with van der Waals surface area (Å²) < 4.78 is 0. The molecule has 0 spiro atoms. The molecule has 11 heavy (non-hydrogen) atoms. The van der Waals surface area contributed by atoms with Crippen LogP contribution in [0.4, 0.5) is 0 Å². The van der Waals surface area contributed by atoms with E-state index in [1.807, 2.05) is 13.8 Å². The SMILES string of the molecule is CBCC(C)(C)CC(C)(C)O. The highest BCUT2D eigenvalue weighted by molar-refractivity contribution is 6.33. The van der Waals surface area contributed by atoms with Gasteiger partial charge in [0.25, 0.3) is 0 Å². The average molecular weight is 156 g/mol. The molecule has 0 unspecified atom stereocenters. The summed E-state index contributed by atoms with van der Waals surface area (Å²) in [5, 5.41) is 9.58. The van der Waals surface area contributed by atoms with Crippen molar-refractivity contribution >= 4 is 7.28 Å². The Kier molecular flexibility index (Phi) is 3.63. The Bertz CT molecular complexity index is 113. The lowest BCUT2D eigenvalue weighted by atomic mass is 9.63. The van der Waals surface area contributed by atoms with Gasteiger partial charge >= 0.3 is 0 Å². The molecule has 0 aliphatic carbocycles. The molecule has 0 rings (SSSR count). The molecular formula is C9H21BO. The minimum atomic E-state index is -0.515. The number of hydrogen-bond donors (Lipinski definition) is 1. The molecule has 0 fully saturated rings. The van der Waals surface area contributed by atoms with Gasteiger partial charge in [0.1, 0.15) is 7.28 Å². The molecule has 0 heterocycles. The molecule has 0 atom stereocenters. The Hall–Kier alpha value is 0.0249. The van der Waals surface area contributed by atoms with Crippen molar-refractivity contribution in [3.8, 4) is 0 Å². The van der Waals surface area contributed by atoms with Gasteiger partial charge in [-0.2, -0.15) is 0 Å². The smallest absolute Gasteiger partial charge is 0.118 e. The summed E-state index contributed by atoms with van der Waals surface area (Å²) in [7, 11) is 1.20. The van der Waals surface area contributed by atoms with Crippen molar-refractivity contribution in [3.63, 3.8) is 0 Å². The van der Waals surface area contributed by atoms with E-state index in [4.69, 9.17) is 0 Å². The van der Waals surface area contributed by atoms with Crippen molar-refractivity contribution in [1.82, 2.24) is 0 Å². The van der Waals surface area contributed by atoms with E-state index in [1.54, 1.807) is 0 Å². The molecule has 0 aromatic carbocycles. The molecule has 0 aromatic heterocycles. The van der Waals surface area contributed by atoms with Crippen molar-refractivity contribution in [1.29, 1.82) is 0 Å². The molecule has 0 aliphatic rings. The van der Waals surface area contributed by atoms with E-state index in [1.165, 1.54) is 13.6 Å². The van der Waals surface area contributed by atoms with E-state index < -0.39 is 5.60 Å². The molecule has 0 aliphatic heterocycles. The molecular weight excluding hydrogens is 135 g/mol. The molecule has 0 saturated carbocycles. The summed E-state index contributed by atoms with van der Waals surface area (Å²) in [6.07, 6.45) is 2.07. The Morgan fingerprint density at radius 3 is 1.91 bits per heavy atom. The van der Waals surface area contributed by atoms with Gasteiger partial charge in [-0.1, -0.05) is 27.0 Å². The molecule has 0 radical (unpaired) electrons. The van der Waals surface area contributed by atoms with E-state index >= 15 is 0 Å². The van der Waals surface area contributed by atoms with Crippen LogP contribution in [0.5, 0.6) is 0 Å². The molecule has 66 valence electrons. The topological polar surface area (TPSA) is 20.2 Å². The van der Waals surface area contributed by atoms with Crippen LogP contribution in [0, 0.1) is 5.41 Å². The van der Waals surface area contributed by atoms with Crippen molar-refractivity contribution in [2.45, 2.75) is 52.9 Å². The molecule has 0 aromatic rings. The van der Waals surface area contributed by atoms with Gasteiger partial charge in [-0.05, 0) is 25.7 Å². The Morgan fingerprint density at radius 1 is 1.18 bits per heavy atom. The zero-order valence-corrected chi connectivity index (χ0v) is 8.57. The zero-order valence-electron chi connectivity index (χ0n) is 8.57. The van der Waals surface area contributed by atoms with Crippen LogP contribution in [0.25, 0.3) is 0 Å². The highest BCUT2D eigenvalue weighted by atomic mass is 16.3. The minimum absolute atomic E-state index is 0.285. The van der Waals surface area contributed by atoms with Gasteiger partial charge in [0.15, 0.2) is 0 Å². The van der Waals surface area contributed by atoms with Crippen LogP contribution >= 0.6 is 0 Å². The highest BCUT2D eigenvalue weighted by Gasteiger charge is 2.25. The van der Waals surface area contributed by atoms with Crippen LogP contribution in [0.15, 0.2) is 0 Å². The van der Waals surface area contributed by atoms with E-state index in [2.05, 4.69) is 20.7 Å². The van der Waals surface area contributed by atoms with E-state index in [0.29, 0.717) is 0 Å². The quantitative estimate of drug-likeness (QED) is 0.617. The fraction of sp³-hybridized carbons (Fsp3) is 1.00. The van der Waals surface area contributed by atoms with Gasteiger partial charge in [-0.25, -0.2) is 0 Å². The molecule has 2 heteroatoms. The molecule has 0 amide bonds. The van der Waals surface area contributed by atoms with Crippen molar-refractivity contribution < 1.29 is 5.11 Å². The van der Waals surface area contributed by atoms with Gasteiger partial charge in [-0.3, -0.25) is 0 Å². The second-order valence-electron chi connectivity index (χ2n) is 4.90. The lowest BCUT2D eigenvalue weighted by Crippen LogP contribution is -2.28. The van der Waals surface area contributed by atoms with Gasteiger partial charge in [0.2, 0.25) is 0 Å². The number of aliphatic hydroxyl groups is 1. The predicted molar refractivity (Wildman–Crippen MR) is 52.5 cm³/mol. The summed E-state index contributed by atoms with van der Waals surface area (Å²) >= 11 is 0. The Balaban J connectivity index is 3.91. The number of hydrogen-bond acceptors (Lipinski definition) is 1. The van der Waals surface area contributed by atoms with Crippen molar-refractivity contribution in [3.05, 3.63) is 0 Å². The third-order valence-electron chi connectivity index (χ3n) is 1.84. The predicted octanol–water partition coefficient (Wildman–Crippen LogP) is 2.08. The zero-order chi connectivity index (χ0) is 9.12. The molecule has 0 saturated heterocycles. The van der Waals surface area contributed by atoms with Crippen molar-refractivity contribution in [2.75, 3.05) is 0 Å². The van der Waals surface area contributed by atoms with Gasteiger partial charge in [0.05, 0.1) is 5.60 Å². The third-order valence-corrected chi connectivity index (χ3v) is 1.84. The van der Waals surface area contributed by atoms with Crippen LogP contribution in [-0.2, 0) is 0 Å². The second-order valence-corrected chi connectivity index (χ2v) is 4.90. The first-order chi connectivity index (χ1) is 4.77. The van der Waals surface area contributed by atoms with Crippen LogP contribution in [-0.4, -0.2) is 18.0 Å². The molecule has 0 bridgehead atoms. The first-order valence-corrected chi connectivity index (χ1v) is 4.49. The standard InChI is InChI=1S/C9H21BO/c1-8(2,7-10-5)6-9(3,4)11/h10-11H,6-7H2,1-5H3. The van der Waals surface area contributed by atoms with Crippen LogP contribution in [0.2, 0.25) is 13.1 Å². The lowest BCUT2D eigenvalue weighted by Gasteiger charge is -2.31.